The van der Waals surface area contributed by atoms with Crippen molar-refractivity contribution in [1.82, 2.24) is 20.3 Å². The van der Waals surface area contributed by atoms with E-state index >= 15 is 0 Å². The number of cyclic esters (lactones) is 1. The van der Waals surface area contributed by atoms with Gasteiger partial charge in [0.2, 0.25) is 0 Å². The first-order valence-corrected chi connectivity index (χ1v) is 4.81. The number of carbonyl (C=O) groups is 1. The molecule has 2 heterocycles. The summed E-state index contributed by atoms with van der Waals surface area (Å²) in [7, 11) is 0. The van der Waals surface area contributed by atoms with Crippen LogP contribution < -0.4 is 11.1 Å². The van der Waals surface area contributed by atoms with Crippen molar-refractivity contribution in [3.05, 3.63) is 11.9 Å². The highest BCUT2D eigenvalue weighted by Gasteiger charge is 2.23. The van der Waals surface area contributed by atoms with Gasteiger partial charge in [-0.25, -0.2) is 9.48 Å². The van der Waals surface area contributed by atoms with Gasteiger partial charge in [-0.15, -0.1) is 5.10 Å². The van der Waals surface area contributed by atoms with Crippen LogP contribution in [0.25, 0.3) is 0 Å². The maximum absolute atomic E-state index is 10.8. The normalized spacial score (nSPS) is 20.1. The first-order chi connectivity index (χ1) is 7.28. The lowest BCUT2D eigenvalue weighted by molar-refractivity contribution is 0.128. The zero-order valence-corrected chi connectivity index (χ0v) is 8.22. The Kier molecular flexibility index (Phi) is 2.82. The minimum absolute atomic E-state index is 0.162. The quantitative estimate of drug-likeness (QED) is 0.658. The van der Waals surface area contributed by atoms with Crippen LogP contribution in [0, 0.1) is 0 Å². The van der Waals surface area contributed by atoms with Gasteiger partial charge in [0.1, 0.15) is 6.10 Å². The number of hydrogen-bond donors (Lipinski definition) is 2. The smallest absolute Gasteiger partial charge is 0.407 e. The van der Waals surface area contributed by atoms with E-state index in [1.54, 1.807) is 4.68 Å². The Morgan fingerprint density at radius 3 is 3.27 bits per heavy atom. The predicted octanol–water partition coefficient (Wildman–Crippen LogP) is -1.11. The summed E-state index contributed by atoms with van der Waals surface area (Å²) in [6.07, 6.45) is 1.99. The molecule has 1 amide bonds. The van der Waals surface area contributed by atoms with E-state index in [9.17, 15) is 4.79 Å². The van der Waals surface area contributed by atoms with Crippen molar-refractivity contribution in [2.75, 3.05) is 13.1 Å². The number of rotatable bonds is 4. The fourth-order valence-corrected chi connectivity index (χ4v) is 1.43. The van der Waals surface area contributed by atoms with Crippen molar-refractivity contribution in [3.8, 4) is 0 Å². The van der Waals surface area contributed by atoms with Gasteiger partial charge in [0.25, 0.3) is 0 Å². The highest BCUT2D eigenvalue weighted by Crippen LogP contribution is 2.03. The van der Waals surface area contributed by atoms with E-state index in [1.165, 1.54) is 0 Å². The highest BCUT2D eigenvalue weighted by atomic mass is 16.6. The molecule has 1 aromatic heterocycles. The summed E-state index contributed by atoms with van der Waals surface area (Å²) in [4.78, 5) is 10.8. The summed E-state index contributed by atoms with van der Waals surface area (Å²) in [5, 5.41) is 10.4. The monoisotopic (exact) mass is 211 g/mol. The maximum atomic E-state index is 10.8. The first kappa shape index (κ1) is 9.91. The van der Waals surface area contributed by atoms with Gasteiger partial charge in [0.15, 0.2) is 0 Å². The Morgan fingerprint density at radius 2 is 2.60 bits per heavy atom. The first-order valence-electron chi connectivity index (χ1n) is 4.81. The average Bonchev–Trinajstić information content (AvgIpc) is 2.78. The van der Waals surface area contributed by atoms with E-state index in [0.717, 1.165) is 5.69 Å². The van der Waals surface area contributed by atoms with Gasteiger partial charge in [-0.2, -0.15) is 0 Å². The number of amides is 1. The molecule has 0 bridgehead atoms. The fourth-order valence-electron chi connectivity index (χ4n) is 1.43. The van der Waals surface area contributed by atoms with E-state index in [-0.39, 0.29) is 12.2 Å². The third-order valence-electron chi connectivity index (χ3n) is 2.13. The Bertz CT molecular complexity index is 351. The van der Waals surface area contributed by atoms with Gasteiger partial charge in [-0.05, 0) is 6.54 Å². The van der Waals surface area contributed by atoms with Crippen molar-refractivity contribution in [2.24, 2.45) is 5.73 Å². The molecule has 2 rings (SSSR count). The molecule has 3 N–H and O–H groups in total. The van der Waals surface area contributed by atoms with Gasteiger partial charge in [0, 0.05) is 12.6 Å². The molecular formula is C8H13N5O2. The lowest BCUT2D eigenvalue weighted by Gasteiger charge is -2.05. The molecule has 1 saturated heterocycles. The minimum atomic E-state index is -0.373. The van der Waals surface area contributed by atoms with Crippen LogP contribution in [0.2, 0.25) is 0 Å². The SMILES string of the molecule is NCCc1cn(CC2CNC(=O)O2)nn1. The van der Waals surface area contributed by atoms with Gasteiger partial charge in [0.05, 0.1) is 18.8 Å². The number of nitrogens with two attached hydrogens (primary N) is 1. The van der Waals surface area contributed by atoms with Crippen molar-refractivity contribution < 1.29 is 9.53 Å². The molecule has 7 nitrogen and oxygen atoms in total. The zero-order chi connectivity index (χ0) is 10.7. The molecular weight excluding hydrogens is 198 g/mol. The molecule has 1 fully saturated rings. The molecule has 0 aliphatic carbocycles. The van der Waals surface area contributed by atoms with E-state index < -0.39 is 0 Å². The topological polar surface area (TPSA) is 95.1 Å². The van der Waals surface area contributed by atoms with Crippen molar-refractivity contribution >= 4 is 6.09 Å². The van der Waals surface area contributed by atoms with Gasteiger partial charge < -0.3 is 15.8 Å². The van der Waals surface area contributed by atoms with Crippen LogP contribution in [0.15, 0.2) is 6.20 Å². The zero-order valence-electron chi connectivity index (χ0n) is 8.22. The summed E-state index contributed by atoms with van der Waals surface area (Å²) in [5.41, 5.74) is 6.25. The number of aromatic nitrogens is 3. The van der Waals surface area contributed by atoms with Gasteiger partial charge in [-0.3, -0.25) is 0 Å². The van der Waals surface area contributed by atoms with Crippen LogP contribution in [0.3, 0.4) is 0 Å². The molecule has 1 atom stereocenters. The summed E-state index contributed by atoms with van der Waals surface area (Å²) in [5.74, 6) is 0. The van der Waals surface area contributed by atoms with Crippen LogP contribution in [0.4, 0.5) is 4.79 Å². The molecule has 7 heteroatoms. The summed E-state index contributed by atoms with van der Waals surface area (Å²) < 4.78 is 6.63. The van der Waals surface area contributed by atoms with Crippen LogP contribution in [-0.2, 0) is 17.7 Å². The number of nitrogens with one attached hydrogen (secondary N) is 1. The van der Waals surface area contributed by atoms with E-state index in [2.05, 4.69) is 15.6 Å². The molecule has 1 unspecified atom stereocenters. The summed E-state index contributed by atoms with van der Waals surface area (Å²) >= 11 is 0. The van der Waals surface area contributed by atoms with E-state index in [1.807, 2.05) is 6.20 Å². The largest absolute Gasteiger partial charge is 0.442 e. The third-order valence-corrected chi connectivity index (χ3v) is 2.13. The van der Waals surface area contributed by atoms with Crippen LogP contribution >= 0.6 is 0 Å². The molecule has 0 saturated carbocycles. The van der Waals surface area contributed by atoms with Gasteiger partial charge in [-0.1, -0.05) is 5.21 Å². The predicted molar refractivity (Wildman–Crippen MR) is 51.1 cm³/mol. The number of hydrogen-bond acceptors (Lipinski definition) is 5. The van der Waals surface area contributed by atoms with Crippen LogP contribution in [0.5, 0.6) is 0 Å². The molecule has 1 aliphatic rings. The second-order valence-corrected chi connectivity index (χ2v) is 3.38. The minimum Gasteiger partial charge on any atom is -0.442 e. The summed E-state index contributed by atoms with van der Waals surface area (Å²) in [6.45, 7) is 1.60. The highest BCUT2D eigenvalue weighted by molar-refractivity contribution is 5.69. The van der Waals surface area contributed by atoms with Crippen molar-refractivity contribution in [3.63, 3.8) is 0 Å². The van der Waals surface area contributed by atoms with Gasteiger partial charge >= 0.3 is 6.09 Å². The molecule has 1 aliphatic heterocycles. The molecule has 0 spiro atoms. The lowest BCUT2D eigenvalue weighted by Crippen LogP contribution is -2.20. The fraction of sp³-hybridized carbons (Fsp3) is 0.625. The maximum Gasteiger partial charge on any atom is 0.407 e. The molecule has 15 heavy (non-hydrogen) atoms. The van der Waals surface area contributed by atoms with Crippen LogP contribution in [0.1, 0.15) is 5.69 Å². The number of alkyl carbamates (subject to hydrolysis) is 1. The Labute approximate surface area is 86.6 Å². The Balaban J connectivity index is 1.90. The Hall–Kier alpha value is -1.63. The number of carbonyl (C=O) groups excluding carboxylic acids is 1. The van der Waals surface area contributed by atoms with E-state index in [4.69, 9.17) is 10.5 Å². The Morgan fingerprint density at radius 1 is 1.73 bits per heavy atom. The van der Waals surface area contributed by atoms with Crippen LogP contribution in [-0.4, -0.2) is 40.3 Å². The third kappa shape index (κ3) is 2.44. The molecule has 1 aromatic rings. The lowest BCUT2D eigenvalue weighted by atomic mass is 10.3. The summed E-state index contributed by atoms with van der Waals surface area (Å²) in [6, 6.07) is 0. The average molecular weight is 211 g/mol. The molecule has 0 aromatic carbocycles. The standard InChI is InChI=1S/C8H13N5O2/c9-2-1-6-4-13(12-11-6)5-7-3-10-8(14)15-7/h4,7H,1-3,5,9H2,(H,10,14). The second kappa shape index (κ2) is 4.26. The van der Waals surface area contributed by atoms with E-state index in [0.29, 0.717) is 26.1 Å². The van der Waals surface area contributed by atoms with Crippen molar-refractivity contribution in [2.45, 2.75) is 19.1 Å². The van der Waals surface area contributed by atoms with Crippen molar-refractivity contribution in [1.29, 1.82) is 0 Å². The number of nitrogens with zero attached hydrogens (tertiary/aromatic N) is 3. The number of ether oxygens (including phenoxy) is 1. The molecule has 82 valence electrons. The second-order valence-electron chi connectivity index (χ2n) is 3.38. The molecule has 0 radical (unpaired) electrons.